The first-order chi connectivity index (χ1) is 8.84. The number of ether oxygens (including phenoxy) is 1. The van der Waals surface area contributed by atoms with E-state index in [1.54, 1.807) is 11.5 Å². The molecule has 1 N–H and O–H groups in total. The number of rotatable bonds is 4. The lowest BCUT2D eigenvalue weighted by molar-refractivity contribution is 0.0214. The first-order valence-corrected chi connectivity index (χ1v) is 6.03. The van der Waals surface area contributed by atoms with Crippen LogP contribution in [-0.4, -0.2) is 38.4 Å². The van der Waals surface area contributed by atoms with E-state index in [1.165, 1.54) is 12.3 Å². The molecule has 102 valence electrons. The van der Waals surface area contributed by atoms with Crippen LogP contribution < -0.4 is 0 Å². The molecule has 2 aromatic rings. The van der Waals surface area contributed by atoms with Crippen molar-refractivity contribution in [3.63, 3.8) is 0 Å². The van der Waals surface area contributed by atoms with Crippen LogP contribution in [0.2, 0.25) is 5.02 Å². The smallest absolute Gasteiger partial charge is 0.337 e. The van der Waals surface area contributed by atoms with Gasteiger partial charge in [0.1, 0.15) is 5.82 Å². The molecule has 0 aliphatic heterocycles. The Morgan fingerprint density at radius 2 is 2.21 bits per heavy atom. The topological polar surface area (TPSA) is 76.7 Å². The Balaban J connectivity index is 2.55. The Morgan fingerprint density at radius 1 is 1.53 bits per heavy atom. The molecule has 0 aliphatic carbocycles. The maximum absolute atomic E-state index is 11.0. The summed E-state index contributed by atoms with van der Waals surface area (Å²) in [5.41, 5.74) is 0.108. The third kappa shape index (κ3) is 2.69. The molecule has 0 aliphatic rings. The number of fused-ring (bicyclic) bond motifs is 1. The van der Waals surface area contributed by atoms with Crippen molar-refractivity contribution in [2.75, 3.05) is 7.11 Å². The summed E-state index contributed by atoms with van der Waals surface area (Å²) >= 11 is 6.01. The summed E-state index contributed by atoms with van der Waals surface area (Å²) in [6, 6.07) is 1.36. The fourth-order valence-electron chi connectivity index (χ4n) is 1.69. The van der Waals surface area contributed by atoms with Crippen molar-refractivity contribution >= 4 is 23.2 Å². The highest BCUT2D eigenvalue weighted by molar-refractivity contribution is 6.33. The maximum atomic E-state index is 11.0. The zero-order valence-electron chi connectivity index (χ0n) is 10.8. The molecule has 0 atom stereocenters. The van der Waals surface area contributed by atoms with Crippen LogP contribution in [0.25, 0.3) is 5.65 Å². The number of hydrogen-bond donors (Lipinski definition) is 1. The number of methoxy groups -OCH3 is 1. The Bertz CT molecular complexity index is 636. The minimum atomic E-state index is -1.05. The van der Waals surface area contributed by atoms with Crippen LogP contribution in [0.1, 0.15) is 30.0 Å². The minimum Gasteiger partial charge on any atom is -0.478 e. The summed E-state index contributed by atoms with van der Waals surface area (Å²) in [6.07, 6.45) is 1.95. The average molecular weight is 284 g/mol. The van der Waals surface area contributed by atoms with Crippen molar-refractivity contribution in [1.29, 1.82) is 0 Å². The lowest BCUT2D eigenvalue weighted by Crippen LogP contribution is -2.26. The van der Waals surface area contributed by atoms with Crippen molar-refractivity contribution in [2.45, 2.75) is 25.9 Å². The average Bonchev–Trinajstić information content (AvgIpc) is 2.72. The summed E-state index contributed by atoms with van der Waals surface area (Å²) in [6.45, 7) is 3.83. The van der Waals surface area contributed by atoms with Crippen LogP contribution in [-0.2, 0) is 11.2 Å². The molecule has 0 fully saturated rings. The highest BCUT2D eigenvalue weighted by Gasteiger charge is 2.22. The van der Waals surface area contributed by atoms with Crippen LogP contribution in [0.5, 0.6) is 0 Å². The second-order valence-electron chi connectivity index (χ2n) is 4.83. The van der Waals surface area contributed by atoms with E-state index in [4.69, 9.17) is 21.4 Å². The molecule has 2 heterocycles. The number of nitrogens with zero attached hydrogens (tertiary/aromatic N) is 3. The fraction of sp³-hybridized carbons (Fsp3) is 0.417. The van der Waals surface area contributed by atoms with Gasteiger partial charge in [-0.25, -0.2) is 4.79 Å². The van der Waals surface area contributed by atoms with Gasteiger partial charge in [0.2, 0.25) is 0 Å². The van der Waals surface area contributed by atoms with Crippen LogP contribution in [0, 0.1) is 0 Å². The van der Waals surface area contributed by atoms with Gasteiger partial charge in [-0.2, -0.15) is 0 Å². The maximum Gasteiger partial charge on any atom is 0.337 e. The Hall–Kier alpha value is -1.66. The molecule has 2 aromatic heterocycles. The molecule has 0 aromatic carbocycles. The van der Waals surface area contributed by atoms with E-state index in [1.807, 2.05) is 13.8 Å². The van der Waals surface area contributed by atoms with Crippen molar-refractivity contribution in [3.05, 3.63) is 28.7 Å². The Kier molecular flexibility index (Phi) is 3.47. The van der Waals surface area contributed by atoms with Gasteiger partial charge in [-0.05, 0) is 19.9 Å². The largest absolute Gasteiger partial charge is 0.478 e. The molecule has 19 heavy (non-hydrogen) atoms. The molecule has 0 bridgehead atoms. The molecule has 0 spiro atoms. The minimum absolute atomic E-state index is 0.0915. The number of pyridine rings is 1. The SMILES string of the molecule is COC(C)(C)Cc1nnc2c(Cl)cc(C(=O)O)cn12. The highest BCUT2D eigenvalue weighted by Crippen LogP contribution is 2.21. The van der Waals surface area contributed by atoms with Crippen molar-refractivity contribution in [2.24, 2.45) is 0 Å². The van der Waals surface area contributed by atoms with Gasteiger partial charge in [-0.15, -0.1) is 10.2 Å². The van der Waals surface area contributed by atoms with E-state index >= 15 is 0 Å². The molecular formula is C12H14ClN3O3. The normalized spacial score (nSPS) is 12.0. The molecule has 2 rings (SSSR count). The second kappa shape index (κ2) is 4.79. The summed E-state index contributed by atoms with van der Waals surface area (Å²) in [5, 5.41) is 17.3. The van der Waals surface area contributed by atoms with Gasteiger partial charge >= 0.3 is 5.97 Å². The summed E-state index contributed by atoms with van der Waals surface area (Å²) in [4.78, 5) is 11.0. The zero-order chi connectivity index (χ0) is 14.2. The van der Waals surface area contributed by atoms with E-state index < -0.39 is 11.6 Å². The van der Waals surface area contributed by atoms with Crippen LogP contribution in [0.3, 0.4) is 0 Å². The fourth-order valence-corrected chi connectivity index (χ4v) is 1.94. The van der Waals surface area contributed by atoms with Gasteiger partial charge in [0.05, 0.1) is 16.2 Å². The second-order valence-corrected chi connectivity index (χ2v) is 5.24. The first-order valence-electron chi connectivity index (χ1n) is 5.65. The monoisotopic (exact) mass is 283 g/mol. The molecule has 0 amide bonds. The van der Waals surface area contributed by atoms with E-state index in [9.17, 15) is 4.79 Å². The van der Waals surface area contributed by atoms with Gasteiger partial charge in [-0.1, -0.05) is 11.6 Å². The lowest BCUT2D eigenvalue weighted by Gasteiger charge is -2.21. The summed E-state index contributed by atoms with van der Waals surface area (Å²) in [5.74, 6) is -0.443. The standard InChI is InChI=1S/C12H14ClN3O3/c1-12(2,19-3)5-9-14-15-10-8(13)4-7(11(17)18)6-16(9)10/h4,6H,5H2,1-3H3,(H,17,18). The van der Waals surface area contributed by atoms with E-state index in [-0.39, 0.29) is 10.6 Å². The van der Waals surface area contributed by atoms with Gasteiger partial charge in [0.15, 0.2) is 5.65 Å². The number of carboxylic acid groups (broad SMARTS) is 1. The number of aromatic nitrogens is 3. The van der Waals surface area contributed by atoms with Gasteiger partial charge in [0.25, 0.3) is 0 Å². The predicted octanol–water partition coefficient (Wildman–Crippen LogP) is 2.05. The van der Waals surface area contributed by atoms with Crippen molar-refractivity contribution in [1.82, 2.24) is 14.6 Å². The molecule has 0 saturated carbocycles. The van der Waals surface area contributed by atoms with Crippen LogP contribution in [0.15, 0.2) is 12.3 Å². The predicted molar refractivity (Wildman–Crippen MR) is 69.7 cm³/mol. The van der Waals surface area contributed by atoms with Gasteiger partial charge < -0.3 is 9.84 Å². The van der Waals surface area contributed by atoms with Crippen LogP contribution >= 0.6 is 11.6 Å². The number of hydrogen-bond acceptors (Lipinski definition) is 4. The molecule has 6 nitrogen and oxygen atoms in total. The van der Waals surface area contributed by atoms with E-state index in [2.05, 4.69) is 10.2 Å². The summed E-state index contributed by atoms with van der Waals surface area (Å²) < 4.78 is 6.93. The number of aromatic carboxylic acids is 1. The van der Waals surface area contributed by atoms with Crippen molar-refractivity contribution < 1.29 is 14.6 Å². The van der Waals surface area contributed by atoms with E-state index in [0.29, 0.717) is 17.9 Å². The molecule has 7 heteroatoms. The quantitative estimate of drug-likeness (QED) is 0.929. The van der Waals surface area contributed by atoms with E-state index in [0.717, 1.165) is 0 Å². The number of carbonyl (C=O) groups is 1. The molecule has 0 unspecified atom stereocenters. The molecule has 0 radical (unpaired) electrons. The zero-order valence-corrected chi connectivity index (χ0v) is 11.6. The molecule has 0 saturated heterocycles. The molecular weight excluding hydrogens is 270 g/mol. The first kappa shape index (κ1) is 13.8. The summed E-state index contributed by atoms with van der Waals surface area (Å²) in [7, 11) is 1.61. The van der Waals surface area contributed by atoms with Crippen LogP contribution in [0.4, 0.5) is 0 Å². The van der Waals surface area contributed by atoms with Crippen molar-refractivity contribution in [3.8, 4) is 0 Å². The number of carboxylic acids is 1. The van der Waals surface area contributed by atoms with Gasteiger partial charge in [-0.3, -0.25) is 4.40 Å². The lowest BCUT2D eigenvalue weighted by atomic mass is 10.1. The third-order valence-electron chi connectivity index (χ3n) is 2.91. The Morgan fingerprint density at radius 3 is 2.79 bits per heavy atom. The number of halogens is 1. The van der Waals surface area contributed by atoms with Gasteiger partial charge in [0, 0.05) is 19.7 Å². The highest BCUT2D eigenvalue weighted by atomic mass is 35.5. The third-order valence-corrected chi connectivity index (χ3v) is 3.19. The Labute approximate surface area is 115 Å².